The van der Waals surface area contributed by atoms with Crippen molar-refractivity contribution in [2.45, 2.75) is 26.4 Å². The van der Waals surface area contributed by atoms with Gasteiger partial charge in [-0.1, -0.05) is 6.92 Å². The Hall–Kier alpha value is -1.71. The van der Waals surface area contributed by atoms with Crippen molar-refractivity contribution in [1.82, 2.24) is 0 Å². The van der Waals surface area contributed by atoms with Crippen LogP contribution >= 0.6 is 0 Å². The van der Waals surface area contributed by atoms with Gasteiger partial charge in [-0.3, -0.25) is 0 Å². The Morgan fingerprint density at radius 2 is 2.27 bits per heavy atom. The molecule has 0 bridgehead atoms. The third kappa shape index (κ3) is 2.87. The maximum Gasteiger partial charge on any atom is 0.344 e. The number of carbonyl (C=O) groups is 1. The maximum absolute atomic E-state index is 10.7. The standard InChI is InChI=1S/C11H15NO3/c1-3-10(11(13)14)15-8-4-5-9(12)7(2)6-8/h4-6,10H,3,12H2,1-2H3,(H,13,14). The SMILES string of the molecule is CCC(Oc1ccc(N)c(C)c1)C(=O)O. The zero-order valence-corrected chi connectivity index (χ0v) is 8.86. The van der Waals surface area contributed by atoms with Gasteiger partial charge in [-0.15, -0.1) is 0 Å². The number of aryl methyl sites for hydroxylation is 1. The number of aliphatic carboxylic acids is 1. The lowest BCUT2D eigenvalue weighted by Gasteiger charge is -2.13. The summed E-state index contributed by atoms with van der Waals surface area (Å²) >= 11 is 0. The van der Waals surface area contributed by atoms with Crippen LogP contribution in [0.3, 0.4) is 0 Å². The van der Waals surface area contributed by atoms with Gasteiger partial charge >= 0.3 is 5.97 Å². The number of benzene rings is 1. The summed E-state index contributed by atoms with van der Waals surface area (Å²) in [6, 6.07) is 5.12. The van der Waals surface area contributed by atoms with Crippen molar-refractivity contribution in [3.05, 3.63) is 23.8 Å². The third-order valence-corrected chi connectivity index (χ3v) is 2.17. The summed E-state index contributed by atoms with van der Waals surface area (Å²) in [4.78, 5) is 10.7. The molecule has 1 aromatic rings. The number of carboxylic acid groups (broad SMARTS) is 1. The Kier molecular flexibility index (Phi) is 3.55. The van der Waals surface area contributed by atoms with E-state index in [0.29, 0.717) is 17.9 Å². The summed E-state index contributed by atoms with van der Waals surface area (Å²) in [6.45, 7) is 3.62. The van der Waals surface area contributed by atoms with Crippen LogP contribution < -0.4 is 10.5 Å². The predicted octanol–water partition coefficient (Wildman–Crippen LogP) is 1.82. The first-order chi connectivity index (χ1) is 7.04. The molecule has 1 unspecified atom stereocenters. The van der Waals surface area contributed by atoms with Gasteiger partial charge in [0.2, 0.25) is 0 Å². The van der Waals surface area contributed by atoms with E-state index >= 15 is 0 Å². The Balaban J connectivity index is 2.80. The molecule has 1 rings (SSSR count). The van der Waals surface area contributed by atoms with E-state index in [2.05, 4.69) is 0 Å². The van der Waals surface area contributed by atoms with Crippen molar-refractivity contribution in [1.29, 1.82) is 0 Å². The van der Waals surface area contributed by atoms with Crippen LogP contribution in [0, 0.1) is 6.92 Å². The molecule has 0 amide bonds. The average molecular weight is 209 g/mol. The minimum Gasteiger partial charge on any atom is -0.479 e. The van der Waals surface area contributed by atoms with Crippen molar-refractivity contribution in [3.63, 3.8) is 0 Å². The molecule has 0 aliphatic heterocycles. The second-order valence-corrected chi connectivity index (χ2v) is 3.37. The first-order valence-corrected chi connectivity index (χ1v) is 4.80. The van der Waals surface area contributed by atoms with E-state index in [-0.39, 0.29) is 0 Å². The fourth-order valence-corrected chi connectivity index (χ4v) is 1.19. The van der Waals surface area contributed by atoms with Crippen LogP contribution in [0.15, 0.2) is 18.2 Å². The minimum absolute atomic E-state index is 0.429. The predicted molar refractivity (Wildman–Crippen MR) is 57.9 cm³/mol. The van der Waals surface area contributed by atoms with Crippen LogP contribution in [0.25, 0.3) is 0 Å². The van der Waals surface area contributed by atoms with Crippen molar-refractivity contribution >= 4 is 11.7 Å². The molecule has 15 heavy (non-hydrogen) atoms. The van der Waals surface area contributed by atoms with E-state index in [9.17, 15) is 4.79 Å². The van der Waals surface area contributed by atoms with Crippen LogP contribution in [0.4, 0.5) is 5.69 Å². The summed E-state index contributed by atoms with van der Waals surface area (Å²) in [5.74, 6) is -0.414. The van der Waals surface area contributed by atoms with Gasteiger partial charge in [-0.05, 0) is 37.1 Å². The molecule has 4 heteroatoms. The molecule has 0 saturated heterocycles. The number of anilines is 1. The van der Waals surface area contributed by atoms with Crippen molar-refractivity contribution in [2.24, 2.45) is 0 Å². The van der Waals surface area contributed by atoms with Gasteiger partial charge in [0.05, 0.1) is 0 Å². The van der Waals surface area contributed by atoms with Crippen LogP contribution in [-0.4, -0.2) is 17.2 Å². The molecule has 4 nitrogen and oxygen atoms in total. The monoisotopic (exact) mass is 209 g/mol. The molecule has 0 heterocycles. The second-order valence-electron chi connectivity index (χ2n) is 3.37. The lowest BCUT2D eigenvalue weighted by Crippen LogP contribution is -2.25. The lowest BCUT2D eigenvalue weighted by atomic mass is 10.2. The van der Waals surface area contributed by atoms with Gasteiger partial charge in [0.25, 0.3) is 0 Å². The highest BCUT2D eigenvalue weighted by molar-refractivity contribution is 5.72. The highest BCUT2D eigenvalue weighted by atomic mass is 16.5. The Morgan fingerprint density at radius 1 is 1.60 bits per heavy atom. The molecule has 0 aliphatic carbocycles. The number of nitrogen functional groups attached to an aromatic ring is 1. The molecule has 1 aromatic carbocycles. The van der Waals surface area contributed by atoms with E-state index in [0.717, 1.165) is 5.56 Å². The summed E-state index contributed by atoms with van der Waals surface area (Å²) < 4.78 is 5.31. The number of nitrogens with two attached hydrogens (primary N) is 1. The van der Waals surface area contributed by atoms with Gasteiger partial charge in [0.15, 0.2) is 6.10 Å². The number of ether oxygens (including phenoxy) is 1. The van der Waals surface area contributed by atoms with E-state index in [1.807, 2.05) is 6.92 Å². The average Bonchev–Trinajstić information content (AvgIpc) is 2.19. The summed E-state index contributed by atoms with van der Waals surface area (Å²) in [6.07, 6.45) is -0.369. The molecule has 0 spiro atoms. The molecular formula is C11H15NO3. The Bertz CT molecular complexity index is 363. The molecule has 0 aliphatic rings. The summed E-state index contributed by atoms with van der Waals surface area (Å²) in [7, 11) is 0. The van der Waals surface area contributed by atoms with Gasteiger partial charge in [0, 0.05) is 5.69 Å². The zero-order valence-electron chi connectivity index (χ0n) is 8.86. The van der Waals surface area contributed by atoms with Crippen molar-refractivity contribution < 1.29 is 14.6 Å². The molecule has 0 fully saturated rings. The van der Waals surface area contributed by atoms with Gasteiger partial charge in [0.1, 0.15) is 5.75 Å². The van der Waals surface area contributed by atoms with E-state index < -0.39 is 12.1 Å². The Morgan fingerprint density at radius 3 is 2.73 bits per heavy atom. The summed E-state index contributed by atoms with van der Waals surface area (Å²) in [5.41, 5.74) is 7.19. The number of carboxylic acids is 1. The van der Waals surface area contributed by atoms with Crippen molar-refractivity contribution in [2.75, 3.05) is 5.73 Å². The van der Waals surface area contributed by atoms with Crippen LogP contribution in [0.1, 0.15) is 18.9 Å². The first-order valence-electron chi connectivity index (χ1n) is 4.80. The number of hydrogen-bond donors (Lipinski definition) is 2. The van der Waals surface area contributed by atoms with Crippen molar-refractivity contribution in [3.8, 4) is 5.75 Å². The normalized spacial score (nSPS) is 12.1. The Labute approximate surface area is 88.7 Å². The lowest BCUT2D eigenvalue weighted by molar-refractivity contribution is -0.145. The topological polar surface area (TPSA) is 72.5 Å². The second kappa shape index (κ2) is 4.68. The molecular weight excluding hydrogens is 194 g/mol. The largest absolute Gasteiger partial charge is 0.479 e. The molecule has 82 valence electrons. The minimum atomic E-state index is -0.952. The summed E-state index contributed by atoms with van der Waals surface area (Å²) in [5, 5.41) is 8.81. The van der Waals surface area contributed by atoms with Crippen LogP contribution in [0.2, 0.25) is 0 Å². The molecule has 3 N–H and O–H groups in total. The highest BCUT2D eigenvalue weighted by Gasteiger charge is 2.16. The van der Waals surface area contributed by atoms with E-state index in [4.69, 9.17) is 15.6 Å². The number of hydrogen-bond acceptors (Lipinski definition) is 3. The number of rotatable bonds is 4. The fourth-order valence-electron chi connectivity index (χ4n) is 1.19. The zero-order chi connectivity index (χ0) is 11.4. The molecule has 0 radical (unpaired) electrons. The van der Waals surface area contributed by atoms with E-state index in [1.54, 1.807) is 25.1 Å². The first kappa shape index (κ1) is 11.4. The molecule has 1 atom stereocenters. The van der Waals surface area contributed by atoms with Gasteiger partial charge in [-0.25, -0.2) is 4.79 Å². The third-order valence-electron chi connectivity index (χ3n) is 2.17. The smallest absolute Gasteiger partial charge is 0.344 e. The maximum atomic E-state index is 10.7. The molecule has 0 aromatic heterocycles. The van der Waals surface area contributed by atoms with E-state index in [1.165, 1.54) is 0 Å². The van der Waals surface area contributed by atoms with Gasteiger partial charge < -0.3 is 15.6 Å². The molecule has 0 saturated carbocycles. The fraction of sp³-hybridized carbons (Fsp3) is 0.364. The quantitative estimate of drug-likeness (QED) is 0.742. The van der Waals surface area contributed by atoms with Gasteiger partial charge in [-0.2, -0.15) is 0 Å². The van der Waals surface area contributed by atoms with Crippen LogP contribution in [0.5, 0.6) is 5.75 Å². The van der Waals surface area contributed by atoms with Crippen LogP contribution in [-0.2, 0) is 4.79 Å². The highest BCUT2D eigenvalue weighted by Crippen LogP contribution is 2.20.